The second kappa shape index (κ2) is 6.17. The third-order valence-corrected chi connectivity index (χ3v) is 4.18. The quantitative estimate of drug-likeness (QED) is 0.829. The SMILES string of the molecule is NC(=O)c1[c]ccc(N2CCN(C(=O)C3CC=CC3)CC2)n1. The second-order valence-corrected chi connectivity index (χ2v) is 5.61. The molecule has 0 bridgehead atoms. The number of anilines is 1. The minimum absolute atomic E-state index is 0.123. The predicted molar refractivity (Wildman–Crippen MR) is 82.2 cm³/mol. The molecule has 0 aromatic carbocycles. The number of pyridine rings is 1. The number of hydrogen-bond donors (Lipinski definition) is 1. The first-order valence-corrected chi connectivity index (χ1v) is 7.52. The summed E-state index contributed by atoms with van der Waals surface area (Å²) in [6, 6.07) is 6.19. The maximum absolute atomic E-state index is 12.4. The maximum atomic E-state index is 12.4. The number of carbonyl (C=O) groups excluding carboxylic acids is 2. The van der Waals surface area contributed by atoms with Crippen molar-refractivity contribution in [2.45, 2.75) is 12.8 Å². The summed E-state index contributed by atoms with van der Waals surface area (Å²) >= 11 is 0. The van der Waals surface area contributed by atoms with Crippen LogP contribution in [-0.2, 0) is 4.79 Å². The smallest absolute Gasteiger partial charge is 0.268 e. The standard InChI is InChI=1S/C16H19N4O2/c17-15(21)13-6-3-7-14(18-13)19-8-10-20(11-9-19)16(22)12-4-1-2-5-12/h1-3,7,12H,4-5,8-11H2,(H2,17,21). The molecule has 1 aromatic heterocycles. The summed E-state index contributed by atoms with van der Waals surface area (Å²) in [5.41, 5.74) is 5.38. The Hall–Kier alpha value is -2.37. The van der Waals surface area contributed by atoms with E-state index in [0.717, 1.165) is 12.8 Å². The van der Waals surface area contributed by atoms with Gasteiger partial charge in [0.15, 0.2) is 0 Å². The van der Waals surface area contributed by atoms with Crippen LogP contribution < -0.4 is 10.6 Å². The fourth-order valence-electron chi connectivity index (χ4n) is 2.91. The summed E-state index contributed by atoms with van der Waals surface area (Å²) in [6.45, 7) is 2.78. The molecule has 22 heavy (non-hydrogen) atoms. The van der Waals surface area contributed by atoms with E-state index in [1.54, 1.807) is 6.07 Å². The van der Waals surface area contributed by atoms with Gasteiger partial charge >= 0.3 is 0 Å². The van der Waals surface area contributed by atoms with E-state index in [1.807, 2.05) is 11.0 Å². The largest absolute Gasteiger partial charge is 0.364 e. The molecule has 2 aliphatic rings. The highest BCUT2D eigenvalue weighted by atomic mass is 16.2. The van der Waals surface area contributed by atoms with Crippen LogP contribution in [0, 0.1) is 12.0 Å². The van der Waals surface area contributed by atoms with Gasteiger partial charge in [-0.2, -0.15) is 0 Å². The van der Waals surface area contributed by atoms with Crippen LogP contribution in [0.5, 0.6) is 0 Å². The Bertz CT molecular complexity index is 598. The Morgan fingerprint density at radius 3 is 2.50 bits per heavy atom. The molecule has 1 aliphatic heterocycles. The van der Waals surface area contributed by atoms with Crippen molar-refractivity contribution in [2.75, 3.05) is 31.1 Å². The molecule has 2 amide bonds. The lowest BCUT2D eigenvalue weighted by Gasteiger charge is -2.36. The van der Waals surface area contributed by atoms with E-state index in [4.69, 9.17) is 5.73 Å². The van der Waals surface area contributed by atoms with E-state index in [9.17, 15) is 9.59 Å². The van der Waals surface area contributed by atoms with Gasteiger partial charge in [-0.25, -0.2) is 4.98 Å². The molecule has 1 saturated heterocycles. The Morgan fingerprint density at radius 1 is 1.18 bits per heavy atom. The van der Waals surface area contributed by atoms with Crippen LogP contribution in [0.25, 0.3) is 0 Å². The van der Waals surface area contributed by atoms with Crippen LogP contribution in [0.3, 0.4) is 0 Å². The number of amides is 2. The molecule has 0 spiro atoms. The monoisotopic (exact) mass is 299 g/mol. The van der Waals surface area contributed by atoms with Crippen LogP contribution in [0.2, 0.25) is 0 Å². The molecule has 115 valence electrons. The molecule has 0 unspecified atom stereocenters. The lowest BCUT2D eigenvalue weighted by Crippen LogP contribution is -2.50. The fourth-order valence-corrected chi connectivity index (χ4v) is 2.91. The first-order chi connectivity index (χ1) is 10.6. The van der Waals surface area contributed by atoms with Gasteiger partial charge < -0.3 is 15.5 Å². The Morgan fingerprint density at radius 2 is 1.86 bits per heavy atom. The topological polar surface area (TPSA) is 79.5 Å². The molecule has 0 atom stereocenters. The van der Waals surface area contributed by atoms with Crippen molar-refractivity contribution in [3.63, 3.8) is 0 Å². The zero-order chi connectivity index (χ0) is 15.5. The molecule has 2 N–H and O–H groups in total. The highest BCUT2D eigenvalue weighted by Gasteiger charge is 2.28. The van der Waals surface area contributed by atoms with Crippen molar-refractivity contribution in [3.05, 3.63) is 36.0 Å². The second-order valence-electron chi connectivity index (χ2n) is 5.61. The molecular formula is C16H19N4O2. The van der Waals surface area contributed by atoms with E-state index in [2.05, 4.69) is 28.1 Å². The van der Waals surface area contributed by atoms with E-state index < -0.39 is 5.91 Å². The van der Waals surface area contributed by atoms with Gasteiger partial charge in [0, 0.05) is 38.2 Å². The number of nitrogens with two attached hydrogens (primary N) is 1. The fraction of sp³-hybridized carbons (Fsp3) is 0.438. The number of allylic oxidation sites excluding steroid dienone is 2. The van der Waals surface area contributed by atoms with Gasteiger partial charge in [-0.3, -0.25) is 9.59 Å². The molecular weight excluding hydrogens is 280 g/mol. The first-order valence-electron chi connectivity index (χ1n) is 7.52. The highest BCUT2D eigenvalue weighted by molar-refractivity contribution is 5.90. The van der Waals surface area contributed by atoms with Crippen LogP contribution >= 0.6 is 0 Å². The number of hydrogen-bond acceptors (Lipinski definition) is 4. The normalized spacial score (nSPS) is 18.7. The molecule has 1 fully saturated rings. The number of primary amides is 1. The summed E-state index contributed by atoms with van der Waals surface area (Å²) in [5.74, 6) is 0.501. The minimum atomic E-state index is -0.579. The van der Waals surface area contributed by atoms with Gasteiger partial charge in [-0.15, -0.1) is 0 Å². The minimum Gasteiger partial charge on any atom is -0.364 e. The van der Waals surface area contributed by atoms with Gasteiger partial charge in [-0.05, 0) is 25.0 Å². The van der Waals surface area contributed by atoms with Crippen molar-refractivity contribution >= 4 is 17.6 Å². The molecule has 2 heterocycles. The van der Waals surface area contributed by atoms with Crippen LogP contribution in [0.15, 0.2) is 24.3 Å². The lowest BCUT2D eigenvalue weighted by molar-refractivity contribution is -0.135. The van der Waals surface area contributed by atoms with Gasteiger partial charge in [-0.1, -0.05) is 12.2 Å². The molecule has 1 aliphatic carbocycles. The van der Waals surface area contributed by atoms with E-state index in [-0.39, 0.29) is 17.5 Å². The summed E-state index contributed by atoms with van der Waals surface area (Å²) in [7, 11) is 0. The summed E-state index contributed by atoms with van der Waals surface area (Å²) in [4.78, 5) is 31.8. The Balaban J connectivity index is 1.60. The third-order valence-electron chi connectivity index (χ3n) is 4.18. The van der Waals surface area contributed by atoms with Gasteiger partial charge in [0.2, 0.25) is 5.91 Å². The number of nitrogens with zero attached hydrogens (tertiary/aromatic N) is 3. The van der Waals surface area contributed by atoms with Crippen LogP contribution in [0.4, 0.5) is 5.82 Å². The Labute approximate surface area is 129 Å². The number of rotatable bonds is 3. The summed E-state index contributed by atoms with van der Waals surface area (Å²) < 4.78 is 0. The van der Waals surface area contributed by atoms with E-state index in [1.165, 1.54) is 0 Å². The van der Waals surface area contributed by atoms with Crippen molar-refractivity contribution < 1.29 is 9.59 Å². The molecule has 0 saturated carbocycles. The zero-order valence-electron chi connectivity index (χ0n) is 12.4. The molecule has 1 aromatic rings. The van der Waals surface area contributed by atoms with Crippen LogP contribution in [0.1, 0.15) is 23.3 Å². The third kappa shape index (κ3) is 2.95. The summed E-state index contributed by atoms with van der Waals surface area (Å²) in [5, 5.41) is 0. The van der Waals surface area contributed by atoms with Crippen molar-refractivity contribution in [1.82, 2.24) is 9.88 Å². The average Bonchev–Trinajstić information content (AvgIpc) is 3.09. The molecule has 1 radical (unpaired) electrons. The van der Waals surface area contributed by atoms with Gasteiger partial charge in [0.25, 0.3) is 5.91 Å². The lowest BCUT2D eigenvalue weighted by atomic mass is 10.1. The van der Waals surface area contributed by atoms with Crippen molar-refractivity contribution in [1.29, 1.82) is 0 Å². The molecule has 3 rings (SSSR count). The Kier molecular flexibility index (Phi) is 4.09. The van der Waals surface area contributed by atoms with Crippen molar-refractivity contribution in [2.24, 2.45) is 11.7 Å². The maximum Gasteiger partial charge on any atom is 0.268 e. The van der Waals surface area contributed by atoms with Gasteiger partial charge in [0.1, 0.15) is 11.5 Å². The van der Waals surface area contributed by atoms with Crippen LogP contribution in [-0.4, -0.2) is 47.9 Å². The van der Waals surface area contributed by atoms with E-state index in [0.29, 0.717) is 32.0 Å². The summed E-state index contributed by atoms with van der Waals surface area (Å²) in [6.07, 6.45) is 5.87. The van der Waals surface area contributed by atoms with Crippen molar-refractivity contribution in [3.8, 4) is 0 Å². The molecule has 6 nitrogen and oxygen atoms in total. The highest BCUT2D eigenvalue weighted by Crippen LogP contribution is 2.22. The number of carbonyl (C=O) groups is 2. The average molecular weight is 299 g/mol. The zero-order valence-corrected chi connectivity index (χ0v) is 12.4. The predicted octanol–water partition coefficient (Wildman–Crippen LogP) is 0.595. The number of piperazine rings is 1. The van der Waals surface area contributed by atoms with Gasteiger partial charge in [0.05, 0.1) is 0 Å². The molecule has 6 heteroatoms. The number of aromatic nitrogens is 1. The first kappa shape index (κ1) is 14.6. The van der Waals surface area contributed by atoms with E-state index >= 15 is 0 Å².